The van der Waals surface area contributed by atoms with E-state index in [1.54, 1.807) is 12.1 Å². The average molecular weight is 299 g/mol. The first-order chi connectivity index (χ1) is 10.7. The molecule has 7 heteroatoms. The lowest BCUT2D eigenvalue weighted by atomic mass is 10.1. The first kappa shape index (κ1) is 13.7. The van der Waals surface area contributed by atoms with Crippen molar-refractivity contribution >= 4 is 17.8 Å². The third kappa shape index (κ3) is 3.09. The first-order valence-electron chi connectivity index (χ1n) is 6.33. The van der Waals surface area contributed by atoms with E-state index in [9.17, 15) is 9.18 Å². The lowest BCUT2D eigenvalue weighted by Gasteiger charge is -2.00. The number of benzene rings is 1. The van der Waals surface area contributed by atoms with Gasteiger partial charge in [0.05, 0.1) is 6.26 Å². The fraction of sp³-hybridized carbons (Fsp3) is 0. The van der Waals surface area contributed by atoms with Gasteiger partial charge in [0.15, 0.2) is 5.69 Å². The highest BCUT2D eigenvalue weighted by molar-refractivity contribution is 6.02. The second-order valence-corrected chi connectivity index (χ2v) is 4.31. The van der Waals surface area contributed by atoms with Gasteiger partial charge in [-0.2, -0.15) is 0 Å². The summed E-state index contributed by atoms with van der Waals surface area (Å²) >= 11 is 0. The molecule has 0 unspecified atom stereocenters. The number of halogens is 1. The first-order valence-corrected chi connectivity index (χ1v) is 6.33. The van der Waals surface area contributed by atoms with E-state index < -0.39 is 5.91 Å². The van der Waals surface area contributed by atoms with Gasteiger partial charge >= 0.3 is 0 Å². The van der Waals surface area contributed by atoms with Gasteiger partial charge in [-0.05, 0) is 52.8 Å². The fourth-order valence-corrected chi connectivity index (χ4v) is 1.77. The van der Waals surface area contributed by atoms with Crippen molar-refractivity contribution in [3.05, 3.63) is 60.3 Å². The molecular weight excluding hydrogens is 289 g/mol. The maximum atomic E-state index is 12.9. The summed E-state index contributed by atoms with van der Waals surface area (Å²) in [5.41, 5.74) is 0.896. The minimum Gasteiger partial charge on any atom is -0.465 e. The largest absolute Gasteiger partial charge is 0.465 e. The highest BCUT2D eigenvalue weighted by Crippen LogP contribution is 2.24. The van der Waals surface area contributed by atoms with Gasteiger partial charge in [0.2, 0.25) is 11.7 Å². The van der Waals surface area contributed by atoms with Crippen LogP contribution in [0.5, 0.6) is 0 Å². The van der Waals surface area contributed by atoms with Crippen molar-refractivity contribution < 1.29 is 18.2 Å². The van der Waals surface area contributed by atoms with Crippen LogP contribution in [0.4, 0.5) is 10.2 Å². The molecule has 1 N–H and O–H groups in total. The summed E-state index contributed by atoms with van der Waals surface area (Å²) in [4.78, 5) is 11.8. The number of carbonyl (C=O) groups excluding carboxylic acids is 1. The highest BCUT2D eigenvalue weighted by atomic mass is 19.1. The third-order valence-corrected chi connectivity index (χ3v) is 2.79. The highest BCUT2D eigenvalue weighted by Gasteiger charge is 2.14. The van der Waals surface area contributed by atoms with E-state index in [0.717, 1.165) is 0 Å². The van der Waals surface area contributed by atoms with Crippen molar-refractivity contribution in [2.45, 2.75) is 0 Å². The van der Waals surface area contributed by atoms with Crippen molar-refractivity contribution in [1.29, 1.82) is 0 Å². The van der Waals surface area contributed by atoms with E-state index in [2.05, 4.69) is 20.3 Å². The molecule has 1 aromatic carbocycles. The number of rotatable bonds is 4. The summed E-state index contributed by atoms with van der Waals surface area (Å²) in [5.74, 6) is -0.0875. The molecule has 1 amide bonds. The monoisotopic (exact) mass is 299 g/mol. The molecule has 0 fully saturated rings. The number of hydrogen-bond acceptors (Lipinski definition) is 5. The number of hydrogen-bond donors (Lipinski definition) is 1. The summed E-state index contributed by atoms with van der Waals surface area (Å²) < 4.78 is 22.6. The smallest absolute Gasteiger partial charge is 0.249 e. The van der Waals surface area contributed by atoms with Crippen LogP contribution in [-0.4, -0.2) is 16.2 Å². The molecule has 110 valence electrons. The van der Waals surface area contributed by atoms with Crippen molar-refractivity contribution in [1.82, 2.24) is 10.3 Å². The summed E-state index contributed by atoms with van der Waals surface area (Å²) in [6, 6.07) is 9.03. The van der Waals surface area contributed by atoms with Gasteiger partial charge in [-0.15, -0.1) is 0 Å². The quantitative estimate of drug-likeness (QED) is 0.748. The van der Waals surface area contributed by atoms with E-state index in [-0.39, 0.29) is 11.6 Å². The topological polar surface area (TPSA) is 81.2 Å². The Balaban J connectivity index is 1.75. The van der Waals surface area contributed by atoms with Crippen LogP contribution in [0.2, 0.25) is 0 Å². The van der Waals surface area contributed by atoms with Crippen molar-refractivity contribution in [3.63, 3.8) is 0 Å². The van der Waals surface area contributed by atoms with Gasteiger partial charge in [-0.3, -0.25) is 4.79 Å². The van der Waals surface area contributed by atoms with Crippen LogP contribution in [0.15, 0.2) is 57.8 Å². The van der Waals surface area contributed by atoms with Gasteiger partial charge in [-0.25, -0.2) is 9.02 Å². The predicted molar refractivity (Wildman–Crippen MR) is 76.1 cm³/mol. The molecule has 0 atom stereocenters. The number of amides is 1. The molecule has 0 spiro atoms. The molecule has 0 bridgehead atoms. The van der Waals surface area contributed by atoms with Gasteiger partial charge in [0.1, 0.15) is 11.6 Å². The SMILES string of the molecule is O=C(C=Cc1ccco1)Nc1nonc1-c1ccc(F)cc1. The van der Waals surface area contributed by atoms with E-state index >= 15 is 0 Å². The number of nitrogens with one attached hydrogen (secondary N) is 1. The van der Waals surface area contributed by atoms with E-state index in [1.165, 1.54) is 42.7 Å². The maximum absolute atomic E-state index is 12.9. The molecule has 2 heterocycles. The summed E-state index contributed by atoms with van der Waals surface area (Å²) in [6.07, 6.45) is 4.31. The van der Waals surface area contributed by atoms with Gasteiger partial charge < -0.3 is 9.73 Å². The van der Waals surface area contributed by atoms with Crippen LogP contribution in [0.1, 0.15) is 5.76 Å². The molecule has 3 rings (SSSR count). The van der Waals surface area contributed by atoms with Crippen LogP contribution in [0.3, 0.4) is 0 Å². The van der Waals surface area contributed by atoms with Crippen LogP contribution >= 0.6 is 0 Å². The van der Waals surface area contributed by atoms with Crippen molar-refractivity contribution in [3.8, 4) is 11.3 Å². The molecule has 3 aromatic rings. The number of aromatic nitrogens is 2. The zero-order valence-corrected chi connectivity index (χ0v) is 11.2. The normalized spacial score (nSPS) is 11.0. The predicted octanol–water partition coefficient (Wildman–Crippen LogP) is 3.12. The number of carbonyl (C=O) groups is 1. The van der Waals surface area contributed by atoms with Crippen molar-refractivity contribution in [2.24, 2.45) is 0 Å². The van der Waals surface area contributed by atoms with Crippen LogP contribution in [0, 0.1) is 5.82 Å². The molecule has 0 saturated carbocycles. The van der Waals surface area contributed by atoms with E-state index in [1.807, 2.05) is 0 Å². The molecule has 2 aromatic heterocycles. The zero-order valence-electron chi connectivity index (χ0n) is 11.2. The fourth-order valence-electron chi connectivity index (χ4n) is 1.77. The number of nitrogens with zero attached hydrogens (tertiary/aromatic N) is 2. The van der Waals surface area contributed by atoms with Gasteiger partial charge in [0.25, 0.3) is 0 Å². The molecule has 0 radical (unpaired) electrons. The Hall–Kier alpha value is -3.22. The van der Waals surface area contributed by atoms with Crippen LogP contribution in [-0.2, 0) is 4.79 Å². The van der Waals surface area contributed by atoms with E-state index in [4.69, 9.17) is 4.42 Å². The molecule has 22 heavy (non-hydrogen) atoms. The van der Waals surface area contributed by atoms with Crippen molar-refractivity contribution in [2.75, 3.05) is 5.32 Å². The Morgan fingerprint density at radius 1 is 1.18 bits per heavy atom. The molecule has 0 aliphatic carbocycles. The Kier molecular flexibility index (Phi) is 3.78. The molecule has 6 nitrogen and oxygen atoms in total. The van der Waals surface area contributed by atoms with Gasteiger partial charge in [0, 0.05) is 11.6 Å². The lowest BCUT2D eigenvalue weighted by molar-refractivity contribution is -0.111. The molecular formula is C15H10FN3O3. The summed E-state index contributed by atoms with van der Waals surface area (Å²) in [5, 5.41) is 9.88. The molecule has 0 aliphatic rings. The summed E-state index contributed by atoms with van der Waals surface area (Å²) in [7, 11) is 0. The Morgan fingerprint density at radius 3 is 2.73 bits per heavy atom. The Labute approximate surface area is 124 Å². The minimum absolute atomic E-state index is 0.153. The summed E-state index contributed by atoms with van der Waals surface area (Å²) in [6.45, 7) is 0. The Bertz CT molecular complexity index is 792. The third-order valence-electron chi connectivity index (χ3n) is 2.79. The lowest BCUT2D eigenvalue weighted by Crippen LogP contribution is -2.08. The molecule has 0 saturated heterocycles. The molecule has 0 aliphatic heterocycles. The van der Waals surface area contributed by atoms with E-state index in [0.29, 0.717) is 17.0 Å². The Morgan fingerprint density at radius 2 is 2.00 bits per heavy atom. The maximum Gasteiger partial charge on any atom is 0.249 e. The van der Waals surface area contributed by atoms with Crippen LogP contribution < -0.4 is 5.32 Å². The van der Waals surface area contributed by atoms with Crippen LogP contribution in [0.25, 0.3) is 17.3 Å². The number of anilines is 1. The number of furan rings is 1. The average Bonchev–Trinajstić information content (AvgIpc) is 3.17. The minimum atomic E-state index is -0.421. The second-order valence-electron chi connectivity index (χ2n) is 4.31. The van der Waals surface area contributed by atoms with Gasteiger partial charge in [-0.1, -0.05) is 0 Å². The second kappa shape index (κ2) is 6.04. The zero-order chi connectivity index (χ0) is 15.4. The standard InChI is InChI=1S/C15H10FN3O3/c16-11-5-3-10(4-6-11)14-15(19-22-18-14)17-13(20)8-7-12-2-1-9-21-12/h1-9H,(H,17,19,20).